The van der Waals surface area contributed by atoms with E-state index >= 15 is 0 Å². The van der Waals surface area contributed by atoms with Crippen LogP contribution in [0.5, 0.6) is 11.5 Å². The van der Waals surface area contributed by atoms with E-state index in [0.717, 1.165) is 18.7 Å². The Morgan fingerprint density at radius 1 is 1.03 bits per heavy atom. The van der Waals surface area contributed by atoms with Crippen molar-refractivity contribution in [1.29, 1.82) is 0 Å². The highest BCUT2D eigenvalue weighted by Crippen LogP contribution is 2.38. The highest BCUT2D eigenvalue weighted by Gasteiger charge is 2.41. The standard InChI is InChI=1S/C26H25FN4O5/c27-18-10-28-19-2-4-23(32)31-13-16(24(18)25(19)31)11-29-6-5-15-12-30(26(33)36-22(15)14-29)17-1-3-20-21(9-17)35-8-7-34-20/h1-4,9-10,15-16,22H,5-8,11-14H2/t15-,16?,22+/m1/s1. The Hall–Kier alpha value is -3.66. The van der Waals surface area contributed by atoms with E-state index in [1.807, 2.05) is 18.2 Å². The Morgan fingerprint density at radius 2 is 1.89 bits per heavy atom. The number of pyridine rings is 2. The Morgan fingerprint density at radius 3 is 2.78 bits per heavy atom. The van der Waals surface area contributed by atoms with Crippen LogP contribution >= 0.6 is 0 Å². The molecule has 2 saturated heterocycles. The average molecular weight is 493 g/mol. The first kappa shape index (κ1) is 21.6. The van der Waals surface area contributed by atoms with E-state index in [4.69, 9.17) is 14.2 Å². The van der Waals surface area contributed by atoms with Crippen molar-refractivity contribution in [3.63, 3.8) is 0 Å². The minimum Gasteiger partial charge on any atom is -0.486 e. The predicted octanol–water partition coefficient (Wildman–Crippen LogP) is 2.75. The maximum Gasteiger partial charge on any atom is 0.414 e. The van der Waals surface area contributed by atoms with Crippen LogP contribution in [0.15, 0.2) is 41.3 Å². The van der Waals surface area contributed by atoms with E-state index in [1.165, 1.54) is 12.3 Å². The van der Waals surface area contributed by atoms with Crippen molar-refractivity contribution in [3.8, 4) is 11.5 Å². The number of halogens is 1. The van der Waals surface area contributed by atoms with Gasteiger partial charge in [-0.2, -0.15) is 0 Å². The van der Waals surface area contributed by atoms with Crippen LogP contribution in [0.25, 0.3) is 11.0 Å². The van der Waals surface area contributed by atoms with Gasteiger partial charge in [-0.25, -0.2) is 9.18 Å². The van der Waals surface area contributed by atoms with Gasteiger partial charge >= 0.3 is 6.09 Å². The molecule has 36 heavy (non-hydrogen) atoms. The summed E-state index contributed by atoms with van der Waals surface area (Å²) in [6.07, 6.45) is 1.49. The van der Waals surface area contributed by atoms with E-state index in [-0.39, 0.29) is 35.4 Å². The number of ether oxygens (including phenoxy) is 3. The number of hydrogen-bond acceptors (Lipinski definition) is 7. The highest BCUT2D eigenvalue weighted by atomic mass is 19.1. The van der Waals surface area contributed by atoms with E-state index < -0.39 is 0 Å². The fourth-order valence-electron chi connectivity index (χ4n) is 6.06. The molecule has 2 aromatic heterocycles. The monoisotopic (exact) mass is 492 g/mol. The summed E-state index contributed by atoms with van der Waals surface area (Å²) in [6.45, 7) is 3.98. The fourth-order valence-corrected chi connectivity index (χ4v) is 6.06. The SMILES string of the molecule is O=C1O[C@H]2CN(CC3Cn4c(=O)ccc5ncc(F)c3c54)CC[C@@H]2CN1c1ccc2c(c1)OCCO2. The summed E-state index contributed by atoms with van der Waals surface area (Å²) < 4.78 is 33.6. The quantitative estimate of drug-likeness (QED) is 0.556. The molecular formula is C26H25FN4O5. The normalized spacial score (nSPS) is 25.1. The second kappa shape index (κ2) is 8.19. The zero-order valence-corrected chi connectivity index (χ0v) is 19.6. The van der Waals surface area contributed by atoms with Gasteiger partial charge in [0.2, 0.25) is 0 Å². The molecule has 1 unspecified atom stereocenters. The second-order valence-corrected chi connectivity index (χ2v) is 9.90. The van der Waals surface area contributed by atoms with Gasteiger partial charge in [0.1, 0.15) is 25.1 Å². The molecule has 9 nitrogen and oxygen atoms in total. The molecule has 7 rings (SSSR count). The Labute approximate surface area is 206 Å². The van der Waals surface area contributed by atoms with Gasteiger partial charge < -0.3 is 18.8 Å². The van der Waals surface area contributed by atoms with Crippen molar-refractivity contribution >= 4 is 22.8 Å². The molecule has 0 N–H and O–H groups in total. The molecule has 1 aromatic carbocycles. The number of fused-ring (bicyclic) bond motifs is 2. The molecule has 2 fully saturated rings. The Kier molecular flexibility index (Phi) is 4.92. The lowest BCUT2D eigenvalue weighted by molar-refractivity contribution is -0.00858. The summed E-state index contributed by atoms with van der Waals surface area (Å²) in [5.74, 6) is 0.979. The number of piperidine rings is 1. The van der Waals surface area contributed by atoms with Gasteiger partial charge in [0, 0.05) is 55.7 Å². The third-order valence-electron chi connectivity index (χ3n) is 7.79. The van der Waals surface area contributed by atoms with Crippen molar-refractivity contribution in [3.05, 3.63) is 58.3 Å². The predicted molar refractivity (Wildman–Crippen MR) is 128 cm³/mol. The third-order valence-corrected chi connectivity index (χ3v) is 7.79. The topological polar surface area (TPSA) is 86.1 Å². The number of amides is 1. The molecule has 3 aromatic rings. The van der Waals surface area contributed by atoms with Gasteiger partial charge in [-0.1, -0.05) is 0 Å². The molecule has 3 atom stereocenters. The maximum atomic E-state index is 14.8. The Balaban J connectivity index is 1.06. The van der Waals surface area contributed by atoms with Crippen LogP contribution in [0, 0.1) is 11.7 Å². The van der Waals surface area contributed by atoms with E-state index in [2.05, 4.69) is 9.88 Å². The first-order chi connectivity index (χ1) is 17.5. The van der Waals surface area contributed by atoms with Gasteiger partial charge in [-0.15, -0.1) is 0 Å². The van der Waals surface area contributed by atoms with Crippen molar-refractivity contribution < 1.29 is 23.4 Å². The molecule has 1 amide bonds. The summed E-state index contributed by atoms with van der Waals surface area (Å²) in [7, 11) is 0. The number of carbonyl (C=O) groups is 1. The van der Waals surface area contributed by atoms with E-state index in [1.54, 1.807) is 15.5 Å². The smallest absolute Gasteiger partial charge is 0.414 e. The highest BCUT2D eigenvalue weighted by molar-refractivity contribution is 5.89. The molecular weight excluding hydrogens is 467 g/mol. The summed E-state index contributed by atoms with van der Waals surface area (Å²) in [4.78, 5) is 33.4. The van der Waals surface area contributed by atoms with Crippen molar-refractivity contribution in [2.24, 2.45) is 5.92 Å². The second-order valence-electron chi connectivity index (χ2n) is 9.90. The number of likely N-dealkylation sites (tertiary alicyclic amines) is 1. The number of rotatable bonds is 3. The van der Waals surface area contributed by atoms with Gasteiger partial charge in [-0.3, -0.25) is 19.6 Å². The zero-order valence-electron chi connectivity index (χ0n) is 19.6. The molecule has 0 spiro atoms. The number of hydrogen-bond donors (Lipinski definition) is 0. The van der Waals surface area contributed by atoms with E-state index in [0.29, 0.717) is 67.5 Å². The lowest BCUT2D eigenvalue weighted by Crippen LogP contribution is -2.56. The van der Waals surface area contributed by atoms with Gasteiger partial charge in [0.15, 0.2) is 11.5 Å². The molecule has 186 valence electrons. The lowest BCUT2D eigenvalue weighted by Gasteiger charge is -2.44. The summed E-state index contributed by atoms with van der Waals surface area (Å²) in [5.41, 5.74) is 2.38. The minimum atomic E-state index is -0.378. The molecule has 0 radical (unpaired) electrons. The number of aromatic nitrogens is 2. The van der Waals surface area contributed by atoms with Gasteiger partial charge in [-0.05, 0) is 31.2 Å². The summed E-state index contributed by atoms with van der Waals surface area (Å²) in [5, 5.41) is 0. The van der Waals surface area contributed by atoms with Crippen molar-refractivity contribution in [1.82, 2.24) is 14.5 Å². The van der Waals surface area contributed by atoms with E-state index in [9.17, 15) is 14.0 Å². The van der Waals surface area contributed by atoms with Crippen LogP contribution < -0.4 is 19.9 Å². The van der Waals surface area contributed by atoms with Gasteiger partial charge in [0.25, 0.3) is 5.56 Å². The average Bonchev–Trinajstić information content (AvgIpc) is 3.28. The van der Waals surface area contributed by atoms with Crippen LogP contribution in [0.3, 0.4) is 0 Å². The summed E-state index contributed by atoms with van der Waals surface area (Å²) >= 11 is 0. The molecule has 0 aliphatic carbocycles. The number of anilines is 1. The van der Waals surface area contributed by atoms with Crippen LogP contribution in [0.2, 0.25) is 0 Å². The largest absolute Gasteiger partial charge is 0.486 e. The molecule has 4 aliphatic heterocycles. The van der Waals surface area contributed by atoms with Crippen molar-refractivity contribution in [2.45, 2.75) is 25.0 Å². The number of carbonyl (C=O) groups excluding carboxylic acids is 1. The number of benzene rings is 1. The first-order valence-corrected chi connectivity index (χ1v) is 12.3. The third kappa shape index (κ3) is 3.42. The molecule has 0 saturated carbocycles. The fraction of sp³-hybridized carbons (Fsp3) is 0.423. The first-order valence-electron chi connectivity index (χ1n) is 12.3. The number of nitrogens with zero attached hydrogens (tertiary/aromatic N) is 4. The van der Waals surface area contributed by atoms with Crippen LogP contribution in [0.4, 0.5) is 14.9 Å². The van der Waals surface area contributed by atoms with Crippen LogP contribution in [0.1, 0.15) is 17.9 Å². The van der Waals surface area contributed by atoms with Crippen LogP contribution in [-0.2, 0) is 11.3 Å². The lowest BCUT2D eigenvalue weighted by atomic mass is 9.90. The molecule has 10 heteroatoms. The van der Waals surface area contributed by atoms with Gasteiger partial charge in [0.05, 0.1) is 22.9 Å². The minimum absolute atomic E-state index is 0.141. The van der Waals surface area contributed by atoms with Crippen LogP contribution in [-0.4, -0.2) is 66.0 Å². The zero-order chi connectivity index (χ0) is 24.4. The van der Waals surface area contributed by atoms with Crippen molar-refractivity contribution in [2.75, 3.05) is 44.3 Å². The molecule has 0 bridgehead atoms. The molecule has 4 aliphatic rings. The maximum absolute atomic E-state index is 14.8. The molecule has 6 heterocycles. The summed E-state index contributed by atoms with van der Waals surface area (Å²) in [6, 6.07) is 8.65. The Bertz CT molecular complexity index is 1440.